The van der Waals surface area contributed by atoms with Gasteiger partial charge in [0.1, 0.15) is 11.5 Å². The summed E-state index contributed by atoms with van der Waals surface area (Å²) < 4.78 is 6.31. The fourth-order valence-corrected chi connectivity index (χ4v) is 5.34. The van der Waals surface area contributed by atoms with Crippen LogP contribution in [0.3, 0.4) is 0 Å². The van der Waals surface area contributed by atoms with Crippen LogP contribution in [-0.4, -0.2) is 5.11 Å². The van der Waals surface area contributed by atoms with Crippen LogP contribution in [0.25, 0.3) is 0 Å². The molecule has 0 radical (unpaired) electrons. The second-order valence-electron chi connectivity index (χ2n) is 8.34. The molecule has 1 aromatic carbocycles. The van der Waals surface area contributed by atoms with Crippen molar-refractivity contribution in [3.8, 4) is 5.75 Å². The summed E-state index contributed by atoms with van der Waals surface area (Å²) in [5.74, 6) is 3.16. The van der Waals surface area contributed by atoms with Gasteiger partial charge in [-0.15, -0.1) is 0 Å². The van der Waals surface area contributed by atoms with E-state index in [0.717, 1.165) is 36.2 Å². The molecule has 4 rings (SSSR count). The lowest BCUT2D eigenvalue weighted by atomic mass is 9.89. The van der Waals surface area contributed by atoms with Gasteiger partial charge < -0.3 is 9.52 Å². The topological polar surface area (TPSA) is 50.4 Å². The van der Waals surface area contributed by atoms with E-state index in [4.69, 9.17) is 4.42 Å². The average Bonchev–Trinajstić information content (AvgIpc) is 3.56. The Morgan fingerprint density at radius 3 is 2.59 bits per heavy atom. The van der Waals surface area contributed by atoms with Gasteiger partial charge in [-0.25, -0.2) is 4.79 Å². The number of benzene rings is 1. The van der Waals surface area contributed by atoms with Gasteiger partial charge in [0.15, 0.2) is 0 Å². The highest BCUT2D eigenvalue weighted by Crippen LogP contribution is 2.57. The van der Waals surface area contributed by atoms with Crippen molar-refractivity contribution in [3.05, 3.63) is 62.1 Å². The first-order valence-electron chi connectivity index (χ1n) is 10.1. The molecule has 27 heavy (non-hydrogen) atoms. The van der Waals surface area contributed by atoms with Gasteiger partial charge in [-0.2, -0.15) is 0 Å². The molecule has 1 heterocycles. The molecule has 0 spiro atoms. The monoisotopic (exact) mass is 430 g/mol. The van der Waals surface area contributed by atoms with Gasteiger partial charge in [-0.1, -0.05) is 44.2 Å². The Morgan fingerprint density at radius 1 is 1.26 bits per heavy atom. The number of hydrogen-bond acceptors (Lipinski definition) is 3. The third kappa shape index (κ3) is 3.73. The number of halogens is 1. The maximum atomic E-state index is 12.8. The Kier molecular flexibility index (Phi) is 5.19. The van der Waals surface area contributed by atoms with Crippen molar-refractivity contribution in [2.75, 3.05) is 0 Å². The standard InChI is InChI=1S/C23H27BrO3/c1-3-17(14-7-5-4-6-8-14)19-21(25)20(24)22(27-23(19)26)13(2)11-16-12-18(16)15-9-10-15/h4-8,13,15-18,25H,3,9-12H2,1-2H3. The molecule has 0 amide bonds. The first kappa shape index (κ1) is 18.8. The summed E-state index contributed by atoms with van der Waals surface area (Å²) in [5.41, 5.74) is 0.956. The Bertz CT molecular complexity index is 869. The van der Waals surface area contributed by atoms with E-state index in [1.165, 1.54) is 19.3 Å². The van der Waals surface area contributed by atoms with Crippen molar-refractivity contribution in [2.24, 2.45) is 17.8 Å². The zero-order valence-corrected chi connectivity index (χ0v) is 17.5. The van der Waals surface area contributed by atoms with Gasteiger partial charge >= 0.3 is 5.63 Å². The van der Waals surface area contributed by atoms with Crippen molar-refractivity contribution >= 4 is 15.9 Å². The summed E-state index contributed by atoms with van der Waals surface area (Å²) in [6, 6.07) is 9.83. The predicted molar refractivity (Wildman–Crippen MR) is 110 cm³/mol. The normalized spacial score (nSPS) is 23.8. The first-order valence-corrected chi connectivity index (χ1v) is 10.9. The maximum Gasteiger partial charge on any atom is 0.343 e. The van der Waals surface area contributed by atoms with Gasteiger partial charge in [-0.05, 0) is 71.4 Å². The Morgan fingerprint density at radius 2 is 1.96 bits per heavy atom. The van der Waals surface area contributed by atoms with Crippen LogP contribution in [0.15, 0.2) is 44.0 Å². The van der Waals surface area contributed by atoms with Crippen LogP contribution in [0.4, 0.5) is 0 Å². The summed E-state index contributed by atoms with van der Waals surface area (Å²) in [6.07, 6.45) is 5.84. The minimum Gasteiger partial charge on any atom is -0.506 e. The quantitative estimate of drug-likeness (QED) is 0.569. The fraction of sp³-hybridized carbons (Fsp3) is 0.522. The average molecular weight is 431 g/mol. The van der Waals surface area contributed by atoms with Crippen LogP contribution in [0.2, 0.25) is 0 Å². The molecule has 0 aliphatic heterocycles. The third-order valence-corrected chi connectivity index (χ3v) is 7.14. The fourth-order valence-electron chi connectivity index (χ4n) is 4.65. The molecule has 2 aliphatic rings. The molecule has 1 N–H and O–H groups in total. The second kappa shape index (κ2) is 7.46. The summed E-state index contributed by atoms with van der Waals surface area (Å²) in [4.78, 5) is 12.8. The zero-order valence-electron chi connectivity index (χ0n) is 16.0. The molecular weight excluding hydrogens is 404 g/mol. The highest BCUT2D eigenvalue weighted by Gasteiger charge is 2.47. The van der Waals surface area contributed by atoms with E-state index in [9.17, 15) is 9.90 Å². The predicted octanol–water partition coefficient (Wildman–Crippen LogP) is 6.19. The van der Waals surface area contributed by atoms with Crippen LogP contribution < -0.4 is 5.63 Å². The van der Waals surface area contributed by atoms with E-state index in [2.05, 4.69) is 22.9 Å². The highest BCUT2D eigenvalue weighted by atomic mass is 79.9. The van der Waals surface area contributed by atoms with Crippen LogP contribution in [-0.2, 0) is 0 Å². The van der Waals surface area contributed by atoms with Crippen molar-refractivity contribution in [1.29, 1.82) is 0 Å². The van der Waals surface area contributed by atoms with E-state index in [0.29, 0.717) is 15.8 Å². The van der Waals surface area contributed by atoms with Gasteiger partial charge in [0.25, 0.3) is 0 Å². The molecule has 2 aliphatic carbocycles. The van der Waals surface area contributed by atoms with Crippen LogP contribution in [0.1, 0.15) is 74.7 Å². The summed E-state index contributed by atoms with van der Waals surface area (Å²) >= 11 is 3.52. The molecule has 0 saturated heterocycles. The van der Waals surface area contributed by atoms with E-state index in [-0.39, 0.29) is 17.6 Å². The first-order chi connectivity index (χ1) is 13.0. The highest BCUT2D eigenvalue weighted by molar-refractivity contribution is 9.10. The lowest BCUT2D eigenvalue weighted by Gasteiger charge is -2.19. The van der Waals surface area contributed by atoms with Crippen LogP contribution in [0, 0.1) is 17.8 Å². The van der Waals surface area contributed by atoms with Crippen molar-refractivity contribution in [1.82, 2.24) is 0 Å². The van der Waals surface area contributed by atoms with Crippen molar-refractivity contribution in [3.63, 3.8) is 0 Å². The minimum absolute atomic E-state index is 0.0401. The SMILES string of the molecule is CCC(c1ccccc1)c1c(O)c(Br)c(C(C)CC2CC2C2CC2)oc1=O. The molecule has 2 fully saturated rings. The van der Waals surface area contributed by atoms with E-state index in [1.807, 2.05) is 37.3 Å². The lowest BCUT2D eigenvalue weighted by molar-refractivity contribution is 0.372. The van der Waals surface area contributed by atoms with E-state index >= 15 is 0 Å². The number of hydrogen-bond donors (Lipinski definition) is 1. The van der Waals surface area contributed by atoms with Gasteiger partial charge in [0.2, 0.25) is 0 Å². The molecule has 144 valence electrons. The molecule has 4 heteroatoms. The summed E-state index contributed by atoms with van der Waals surface area (Å²) in [6.45, 7) is 4.12. The van der Waals surface area contributed by atoms with Gasteiger partial charge in [0.05, 0.1) is 10.0 Å². The number of aromatic hydroxyl groups is 1. The summed E-state index contributed by atoms with van der Waals surface area (Å²) in [7, 11) is 0. The molecule has 2 aromatic rings. The zero-order chi connectivity index (χ0) is 19.1. The number of rotatable bonds is 7. The molecule has 0 bridgehead atoms. The minimum atomic E-state index is -0.414. The van der Waals surface area contributed by atoms with Crippen molar-refractivity contribution < 1.29 is 9.52 Å². The Hall–Kier alpha value is -1.55. The molecular formula is C23H27BrO3. The molecule has 1 aromatic heterocycles. The third-order valence-electron chi connectivity index (χ3n) is 6.37. The van der Waals surface area contributed by atoms with Gasteiger partial charge in [-0.3, -0.25) is 0 Å². The molecule has 4 atom stereocenters. The van der Waals surface area contributed by atoms with E-state index in [1.54, 1.807) is 0 Å². The molecule has 2 saturated carbocycles. The van der Waals surface area contributed by atoms with Crippen molar-refractivity contribution in [2.45, 2.75) is 57.8 Å². The van der Waals surface area contributed by atoms with Crippen LogP contribution in [0.5, 0.6) is 5.75 Å². The second-order valence-corrected chi connectivity index (χ2v) is 9.13. The Balaban J connectivity index is 1.61. The molecule has 4 unspecified atom stereocenters. The van der Waals surface area contributed by atoms with Crippen LogP contribution >= 0.6 is 15.9 Å². The molecule has 3 nitrogen and oxygen atoms in total. The Labute approximate surface area is 168 Å². The summed E-state index contributed by atoms with van der Waals surface area (Å²) in [5, 5.41) is 10.9. The largest absolute Gasteiger partial charge is 0.506 e. The lowest BCUT2D eigenvalue weighted by Crippen LogP contribution is -2.16. The maximum absolute atomic E-state index is 12.8. The van der Waals surface area contributed by atoms with Gasteiger partial charge in [0, 0.05) is 11.8 Å². The smallest absolute Gasteiger partial charge is 0.343 e. The van der Waals surface area contributed by atoms with E-state index < -0.39 is 5.63 Å².